The van der Waals surface area contributed by atoms with Crippen molar-refractivity contribution in [3.05, 3.63) is 46.5 Å². The average Bonchev–Trinajstić information content (AvgIpc) is 2.31. The van der Waals surface area contributed by atoms with E-state index in [9.17, 15) is 4.79 Å². The molecule has 0 aromatic heterocycles. The third-order valence-corrected chi connectivity index (χ3v) is 2.86. The Hall–Kier alpha value is -1.83. The van der Waals surface area contributed by atoms with Crippen molar-refractivity contribution in [2.24, 2.45) is 0 Å². The minimum Gasteiger partial charge on any atom is -0.496 e. The van der Waals surface area contributed by atoms with Crippen molar-refractivity contribution in [3.63, 3.8) is 0 Å². The number of hydrogen-bond acceptors (Lipinski definition) is 2. The van der Waals surface area contributed by atoms with E-state index in [0.717, 1.165) is 28.7 Å². The van der Waals surface area contributed by atoms with Crippen LogP contribution in [0.3, 0.4) is 0 Å². The normalized spacial score (nSPS) is 11.9. The summed E-state index contributed by atoms with van der Waals surface area (Å²) in [7, 11) is 1.67. The zero-order valence-electron chi connectivity index (χ0n) is 10.8. The highest BCUT2D eigenvalue weighted by atomic mass is 16.5. The van der Waals surface area contributed by atoms with Gasteiger partial charge >= 0.3 is 0 Å². The lowest BCUT2D eigenvalue weighted by Crippen LogP contribution is -1.92. The Morgan fingerprint density at radius 3 is 2.53 bits per heavy atom. The van der Waals surface area contributed by atoms with Crippen LogP contribution in [-0.4, -0.2) is 13.4 Å². The Balaban J connectivity index is 3.05. The number of carbonyl (C=O) groups is 1. The van der Waals surface area contributed by atoms with E-state index in [4.69, 9.17) is 4.74 Å². The molecule has 0 atom stereocenters. The largest absolute Gasteiger partial charge is 0.496 e. The quantitative estimate of drug-likeness (QED) is 0.450. The van der Waals surface area contributed by atoms with E-state index in [0.29, 0.717) is 0 Å². The first kappa shape index (κ1) is 13.2. The maximum Gasteiger partial charge on any atom is 0.143 e. The van der Waals surface area contributed by atoms with Crippen molar-refractivity contribution in [2.45, 2.75) is 20.8 Å². The second-order valence-electron chi connectivity index (χ2n) is 3.99. The van der Waals surface area contributed by atoms with E-state index in [1.165, 1.54) is 5.56 Å². The maximum atomic E-state index is 10.3. The fourth-order valence-electron chi connectivity index (χ4n) is 1.60. The first-order chi connectivity index (χ1) is 8.10. The van der Waals surface area contributed by atoms with Crippen LogP contribution in [0, 0.1) is 13.8 Å². The molecule has 0 bridgehead atoms. The van der Waals surface area contributed by atoms with Gasteiger partial charge < -0.3 is 4.74 Å². The van der Waals surface area contributed by atoms with Crippen molar-refractivity contribution < 1.29 is 9.53 Å². The Kier molecular flexibility index (Phi) is 4.70. The zero-order valence-corrected chi connectivity index (χ0v) is 10.8. The lowest BCUT2D eigenvalue weighted by Gasteiger charge is -2.09. The van der Waals surface area contributed by atoms with Gasteiger partial charge in [0, 0.05) is 0 Å². The molecule has 0 heterocycles. The number of hydrogen-bond donors (Lipinski definition) is 0. The van der Waals surface area contributed by atoms with Crippen LogP contribution in [-0.2, 0) is 4.79 Å². The van der Waals surface area contributed by atoms with E-state index in [-0.39, 0.29) is 0 Å². The van der Waals surface area contributed by atoms with E-state index in [2.05, 4.69) is 6.92 Å². The van der Waals surface area contributed by atoms with Gasteiger partial charge in [0.1, 0.15) is 12.0 Å². The molecule has 2 nitrogen and oxygen atoms in total. The summed E-state index contributed by atoms with van der Waals surface area (Å²) in [5, 5.41) is 0. The van der Waals surface area contributed by atoms with E-state index in [1.807, 2.05) is 38.1 Å². The molecule has 1 aromatic carbocycles. The molecule has 17 heavy (non-hydrogen) atoms. The van der Waals surface area contributed by atoms with Crippen LogP contribution in [0.25, 0.3) is 6.08 Å². The highest BCUT2D eigenvalue weighted by Gasteiger charge is 2.03. The van der Waals surface area contributed by atoms with Gasteiger partial charge in [-0.3, -0.25) is 4.79 Å². The Morgan fingerprint density at radius 2 is 1.94 bits per heavy atom. The lowest BCUT2D eigenvalue weighted by molar-refractivity contribution is -0.104. The van der Waals surface area contributed by atoms with Crippen LogP contribution >= 0.6 is 0 Å². The molecular formula is C15H18O2. The van der Waals surface area contributed by atoms with Crippen LogP contribution in [0.2, 0.25) is 0 Å². The van der Waals surface area contributed by atoms with Gasteiger partial charge in [0.15, 0.2) is 0 Å². The summed E-state index contributed by atoms with van der Waals surface area (Å²) in [5.41, 5.74) is 4.42. The summed E-state index contributed by atoms with van der Waals surface area (Å²) in [5.74, 6) is 0.903. The molecule has 0 aliphatic carbocycles. The monoisotopic (exact) mass is 230 g/mol. The number of methoxy groups -OCH3 is 1. The number of carbonyl (C=O) groups excluding carboxylic acids is 1. The smallest absolute Gasteiger partial charge is 0.143 e. The summed E-state index contributed by atoms with van der Waals surface area (Å²) >= 11 is 0. The average molecular weight is 230 g/mol. The second-order valence-corrected chi connectivity index (χ2v) is 3.99. The second kappa shape index (κ2) is 6.04. The van der Waals surface area contributed by atoms with E-state index < -0.39 is 0 Å². The Bertz CT molecular complexity index is 468. The highest BCUT2D eigenvalue weighted by Crippen LogP contribution is 2.24. The van der Waals surface area contributed by atoms with Crippen LogP contribution in [0.15, 0.2) is 29.9 Å². The molecule has 0 saturated heterocycles. The molecule has 0 amide bonds. The molecule has 0 N–H and O–H groups in total. The standard InChI is InChI=1S/C15H18O2/c1-11(9-10-16)5-6-14-7-8-15(17-4)13(3)12(14)2/h5-10H,1-4H3/b6-5+,11-9+. The minimum atomic E-state index is 0.797. The van der Waals surface area contributed by atoms with Crippen LogP contribution in [0.1, 0.15) is 23.6 Å². The van der Waals surface area contributed by atoms with Crippen LogP contribution in [0.4, 0.5) is 0 Å². The highest BCUT2D eigenvalue weighted by molar-refractivity contribution is 5.69. The third kappa shape index (κ3) is 3.31. The van der Waals surface area contributed by atoms with Gasteiger partial charge in [-0.2, -0.15) is 0 Å². The molecule has 0 unspecified atom stereocenters. The van der Waals surface area contributed by atoms with Gasteiger partial charge in [0.2, 0.25) is 0 Å². The number of rotatable bonds is 4. The zero-order chi connectivity index (χ0) is 12.8. The molecular weight excluding hydrogens is 212 g/mol. The summed E-state index contributed by atoms with van der Waals surface area (Å²) < 4.78 is 5.26. The number of benzene rings is 1. The number of allylic oxidation sites excluding steroid dienone is 3. The lowest BCUT2D eigenvalue weighted by atomic mass is 10.0. The van der Waals surface area contributed by atoms with Gasteiger partial charge in [-0.1, -0.05) is 18.2 Å². The van der Waals surface area contributed by atoms with Gasteiger partial charge in [-0.25, -0.2) is 0 Å². The fraction of sp³-hybridized carbons (Fsp3) is 0.267. The SMILES string of the molecule is COc1ccc(/C=C/C(C)=C/C=O)c(C)c1C. The van der Waals surface area contributed by atoms with Crippen molar-refractivity contribution in [2.75, 3.05) is 7.11 Å². The molecule has 0 aliphatic heterocycles. The molecule has 0 saturated carbocycles. The predicted molar refractivity (Wildman–Crippen MR) is 71.3 cm³/mol. The molecule has 0 radical (unpaired) electrons. The number of aldehydes is 1. The van der Waals surface area contributed by atoms with Gasteiger partial charge in [-0.15, -0.1) is 0 Å². The third-order valence-electron chi connectivity index (χ3n) is 2.86. The Labute approximate surface area is 103 Å². The van der Waals surface area contributed by atoms with Crippen molar-refractivity contribution in [3.8, 4) is 5.75 Å². The van der Waals surface area contributed by atoms with Crippen LogP contribution < -0.4 is 4.74 Å². The van der Waals surface area contributed by atoms with Crippen LogP contribution in [0.5, 0.6) is 5.75 Å². The van der Waals surface area contributed by atoms with Crippen molar-refractivity contribution in [1.82, 2.24) is 0 Å². The summed E-state index contributed by atoms with van der Waals surface area (Å²) in [6.07, 6.45) is 6.29. The molecule has 1 rings (SSSR count). The van der Waals surface area contributed by atoms with Crippen molar-refractivity contribution >= 4 is 12.4 Å². The Morgan fingerprint density at radius 1 is 1.24 bits per heavy atom. The maximum absolute atomic E-state index is 10.3. The molecule has 2 heteroatoms. The summed E-state index contributed by atoms with van der Waals surface area (Å²) in [6.45, 7) is 6.01. The predicted octanol–water partition coefficient (Wildman–Crippen LogP) is 3.47. The van der Waals surface area contributed by atoms with E-state index >= 15 is 0 Å². The summed E-state index contributed by atoms with van der Waals surface area (Å²) in [6, 6.07) is 3.98. The molecule has 1 aromatic rings. The summed E-state index contributed by atoms with van der Waals surface area (Å²) in [4.78, 5) is 10.3. The topological polar surface area (TPSA) is 26.3 Å². The van der Waals surface area contributed by atoms with E-state index in [1.54, 1.807) is 13.2 Å². The molecule has 90 valence electrons. The molecule has 0 spiro atoms. The minimum absolute atomic E-state index is 0.797. The molecule has 0 aliphatic rings. The first-order valence-corrected chi connectivity index (χ1v) is 5.54. The number of ether oxygens (including phenoxy) is 1. The van der Waals surface area contributed by atoms with Crippen molar-refractivity contribution in [1.29, 1.82) is 0 Å². The first-order valence-electron chi connectivity index (χ1n) is 5.54. The molecule has 0 fully saturated rings. The fourth-order valence-corrected chi connectivity index (χ4v) is 1.60. The van der Waals surface area contributed by atoms with Gasteiger partial charge in [0.05, 0.1) is 7.11 Å². The van der Waals surface area contributed by atoms with Gasteiger partial charge in [0.25, 0.3) is 0 Å². The van der Waals surface area contributed by atoms with Gasteiger partial charge in [-0.05, 0) is 55.2 Å².